The lowest BCUT2D eigenvalue weighted by molar-refractivity contribution is -0.118. The predicted molar refractivity (Wildman–Crippen MR) is 78.2 cm³/mol. The van der Waals surface area contributed by atoms with Crippen molar-refractivity contribution in [2.24, 2.45) is 0 Å². The molecule has 0 atom stereocenters. The molecule has 0 saturated heterocycles. The zero-order valence-electron chi connectivity index (χ0n) is 9.97. The van der Waals surface area contributed by atoms with Crippen LogP contribution in [0.15, 0.2) is 53.7 Å². The average Bonchev–Trinajstić information content (AvgIpc) is 2.44. The summed E-state index contributed by atoms with van der Waals surface area (Å²) in [5.74, 6) is 0.221. The van der Waals surface area contributed by atoms with Crippen LogP contribution in [0.4, 0.5) is 5.69 Å². The highest BCUT2D eigenvalue weighted by Gasteiger charge is 2.02. The van der Waals surface area contributed by atoms with Gasteiger partial charge in [0.05, 0.1) is 11.4 Å². The molecule has 0 unspecified atom stereocenters. The summed E-state index contributed by atoms with van der Waals surface area (Å²) < 4.78 is 0. The highest BCUT2D eigenvalue weighted by Crippen LogP contribution is 2.16. The molecular formula is C13H12ClN3OS. The Morgan fingerprint density at radius 1 is 1.26 bits per heavy atom. The molecule has 0 aliphatic carbocycles. The third kappa shape index (κ3) is 4.81. The zero-order chi connectivity index (χ0) is 13.5. The first-order valence-corrected chi connectivity index (χ1v) is 6.93. The lowest BCUT2D eigenvalue weighted by atomic mass is 10.3. The minimum Gasteiger partial charge on any atom is -0.299 e. The third-order valence-corrected chi connectivity index (χ3v) is 3.44. The number of hydrogen-bond acceptors (Lipinski definition) is 4. The van der Waals surface area contributed by atoms with Gasteiger partial charge in [-0.1, -0.05) is 17.7 Å². The lowest BCUT2D eigenvalue weighted by Gasteiger charge is -2.08. The van der Waals surface area contributed by atoms with Crippen molar-refractivity contribution in [1.82, 2.24) is 10.4 Å². The number of halogens is 1. The van der Waals surface area contributed by atoms with Gasteiger partial charge in [-0.15, -0.1) is 11.8 Å². The largest absolute Gasteiger partial charge is 0.299 e. The molecule has 19 heavy (non-hydrogen) atoms. The number of aromatic nitrogens is 1. The first kappa shape index (κ1) is 13.7. The van der Waals surface area contributed by atoms with Crippen LogP contribution in [-0.2, 0) is 4.79 Å². The van der Waals surface area contributed by atoms with Gasteiger partial charge in [0.25, 0.3) is 0 Å². The van der Waals surface area contributed by atoms with Crippen LogP contribution in [0.5, 0.6) is 0 Å². The Kier molecular flexibility index (Phi) is 5.06. The van der Waals surface area contributed by atoms with Gasteiger partial charge in [-0.05, 0) is 30.3 Å². The van der Waals surface area contributed by atoms with Crippen molar-refractivity contribution in [3.05, 3.63) is 53.8 Å². The molecule has 6 heteroatoms. The van der Waals surface area contributed by atoms with Gasteiger partial charge in [0, 0.05) is 22.3 Å². The first-order valence-electron chi connectivity index (χ1n) is 5.57. The predicted octanol–water partition coefficient (Wildman–Crippen LogP) is 2.97. The van der Waals surface area contributed by atoms with Gasteiger partial charge in [-0.25, -0.2) is 0 Å². The van der Waals surface area contributed by atoms with Gasteiger partial charge in [0.1, 0.15) is 0 Å². The van der Waals surface area contributed by atoms with Gasteiger partial charge in [-0.3, -0.25) is 20.6 Å². The fraction of sp³-hybridized carbons (Fsp3) is 0.0769. The molecule has 0 bridgehead atoms. The minimum absolute atomic E-state index is 0.109. The second kappa shape index (κ2) is 7.01. The zero-order valence-corrected chi connectivity index (χ0v) is 11.5. The number of thioether (sulfide) groups is 1. The van der Waals surface area contributed by atoms with Crippen LogP contribution in [0.3, 0.4) is 0 Å². The number of anilines is 1. The first-order chi connectivity index (χ1) is 9.24. The number of benzene rings is 1. The summed E-state index contributed by atoms with van der Waals surface area (Å²) in [4.78, 5) is 16.6. The van der Waals surface area contributed by atoms with Crippen LogP contribution in [-0.4, -0.2) is 16.6 Å². The van der Waals surface area contributed by atoms with E-state index in [-0.39, 0.29) is 5.91 Å². The maximum Gasteiger partial charge on any atom is 0.248 e. The summed E-state index contributed by atoms with van der Waals surface area (Å²) >= 11 is 7.29. The number of carbonyl (C=O) groups excluding carboxylic acids is 1. The van der Waals surface area contributed by atoms with Crippen LogP contribution in [0.2, 0.25) is 5.02 Å². The summed E-state index contributed by atoms with van der Waals surface area (Å²) in [5.41, 5.74) is 6.17. The molecule has 0 aliphatic rings. The molecule has 1 aromatic carbocycles. The molecule has 0 fully saturated rings. The van der Waals surface area contributed by atoms with Crippen molar-refractivity contribution in [1.29, 1.82) is 0 Å². The highest BCUT2D eigenvalue weighted by molar-refractivity contribution is 8.00. The normalized spacial score (nSPS) is 9.95. The van der Waals surface area contributed by atoms with E-state index in [1.807, 2.05) is 24.3 Å². The van der Waals surface area contributed by atoms with Crippen molar-refractivity contribution in [3.8, 4) is 0 Å². The SMILES string of the molecule is O=C(CSc1ccncc1)NNc1cccc(Cl)c1. The smallest absolute Gasteiger partial charge is 0.248 e. The Morgan fingerprint density at radius 2 is 2.05 bits per heavy atom. The van der Waals surface area contributed by atoms with Gasteiger partial charge in [0.15, 0.2) is 0 Å². The van der Waals surface area contributed by atoms with Crippen LogP contribution in [0.25, 0.3) is 0 Å². The second-order valence-corrected chi connectivity index (χ2v) is 5.14. The molecule has 98 valence electrons. The number of nitrogens with one attached hydrogen (secondary N) is 2. The Hall–Kier alpha value is -1.72. The minimum atomic E-state index is -0.109. The summed E-state index contributed by atoms with van der Waals surface area (Å²) in [6.45, 7) is 0. The summed E-state index contributed by atoms with van der Waals surface area (Å²) in [6.07, 6.45) is 3.40. The van der Waals surface area contributed by atoms with Gasteiger partial charge in [-0.2, -0.15) is 0 Å². The molecule has 0 saturated carbocycles. The Labute approximate surface area is 120 Å². The maximum absolute atomic E-state index is 11.6. The molecule has 0 radical (unpaired) electrons. The molecule has 0 spiro atoms. The molecule has 1 heterocycles. The van der Waals surface area contributed by atoms with Crippen LogP contribution >= 0.6 is 23.4 Å². The molecule has 0 aliphatic heterocycles. The van der Waals surface area contributed by atoms with Crippen molar-refractivity contribution < 1.29 is 4.79 Å². The molecule has 1 aromatic heterocycles. The standard InChI is InChI=1S/C13H12ClN3OS/c14-10-2-1-3-11(8-10)16-17-13(18)9-19-12-4-6-15-7-5-12/h1-8,16H,9H2,(H,17,18). The summed E-state index contributed by atoms with van der Waals surface area (Å²) in [6, 6.07) is 10.9. The van der Waals surface area contributed by atoms with E-state index in [0.717, 1.165) is 10.6 Å². The number of nitrogens with zero attached hydrogens (tertiary/aromatic N) is 1. The van der Waals surface area contributed by atoms with Crippen molar-refractivity contribution >= 4 is 35.0 Å². The van der Waals surface area contributed by atoms with Gasteiger partial charge < -0.3 is 0 Å². The Morgan fingerprint density at radius 3 is 2.79 bits per heavy atom. The Balaban J connectivity index is 1.76. The van der Waals surface area contributed by atoms with Crippen LogP contribution < -0.4 is 10.9 Å². The van der Waals surface area contributed by atoms with E-state index in [4.69, 9.17) is 11.6 Å². The molecule has 2 rings (SSSR count). The second-order valence-electron chi connectivity index (χ2n) is 3.66. The summed E-state index contributed by atoms with van der Waals surface area (Å²) in [5, 5.41) is 0.616. The van der Waals surface area contributed by atoms with Gasteiger partial charge in [0.2, 0.25) is 5.91 Å². The number of hydrazine groups is 1. The molecular weight excluding hydrogens is 282 g/mol. The molecule has 4 nitrogen and oxygen atoms in total. The number of rotatable bonds is 5. The van der Waals surface area contributed by atoms with E-state index in [0.29, 0.717) is 10.8 Å². The lowest BCUT2D eigenvalue weighted by Crippen LogP contribution is -2.30. The van der Waals surface area contributed by atoms with Crippen LogP contribution in [0.1, 0.15) is 0 Å². The van der Waals surface area contributed by atoms with Crippen molar-refractivity contribution in [2.75, 3.05) is 11.2 Å². The van der Waals surface area contributed by atoms with E-state index < -0.39 is 0 Å². The molecule has 2 N–H and O–H groups in total. The number of pyridine rings is 1. The van der Waals surface area contributed by atoms with Crippen molar-refractivity contribution in [2.45, 2.75) is 4.90 Å². The highest BCUT2D eigenvalue weighted by atomic mass is 35.5. The topological polar surface area (TPSA) is 54.0 Å². The fourth-order valence-corrected chi connectivity index (χ4v) is 2.20. The number of carbonyl (C=O) groups is 1. The monoisotopic (exact) mass is 293 g/mol. The Bertz CT molecular complexity index is 551. The number of hydrogen-bond donors (Lipinski definition) is 2. The fourth-order valence-electron chi connectivity index (χ4n) is 1.33. The molecule has 1 amide bonds. The van der Waals surface area contributed by atoms with E-state index in [1.54, 1.807) is 24.5 Å². The number of amides is 1. The van der Waals surface area contributed by atoms with E-state index >= 15 is 0 Å². The van der Waals surface area contributed by atoms with E-state index in [1.165, 1.54) is 11.8 Å². The van der Waals surface area contributed by atoms with Gasteiger partial charge >= 0.3 is 0 Å². The van der Waals surface area contributed by atoms with E-state index in [2.05, 4.69) is 15.8 Å². The molecule has 2 aromatic rings. The van der Waals surface area contributed by atoms with Crippen molar-refractivity contribution in [3.63, 3.8) is 0 Å². The quantitative estimate of drug-likeness (QED) is 0.657. The van der Waals surface area contributed by atoms with E-state index in [9.17, 15) is 4.79 Å². The maximum atomic E-state index is 11.6. The third-order valence-electron chi connectivity index (χ3n) is 2.19. The summed E-state index contributed by atoms with van der Waals surface area (Å²) in [7, 11) is 0. The average molecular weight is 294 g/mol. The van der Waals surface area contributed by atoms with Crippen LogP contribution in [0, 0.1) is 0 Å².